The standard InChI is InChI=1S/C41H37N.C40H35N.C38H36N2.6CH3.6ClH.3Zr/c1-26-23-38-33(32-15-8-13-29-11-4-6-14-31(29)32)16-9-17-34(38)36(26)25-37-27(2)24-39-35(37)18-10-20-41(39)42-28(3)21-22-30-12-5-7-19-40(30)42;1-25-21-37-32(31-15-8-13-28-11-4-6-14-30(28)31)16-9-17-33(37)35(25)24-36-26(2)22-38-34(36)18-10-20-40(38)41-27(3)23-29-12-5-7-19-39(29)41;1-25-22-33-29(13-7-17-37(33)39-20-9-12-27-10-3-5-15-35(27)39)31(25)24-32-26(2)23-34-30(32)14-8-18-38(34)40-21-19-28-11-4-6-16-36(28)40;;;;;;;;;;;;;;;/h4-20,23-24,28,36-37H,21-22,25H2,1-3H3;4-22,27,35-36H,23-24H2,1-3H3;3-8,10-11,13-18,22-23,31-32H,9,12,19-21,24H2,1-2H3;6*1H3;6*1H;;;/q;;;6*-1;;;;;;;3*+4/p-6. The van der Waals surface area contributed by atoms with Gasteiger partial charge in [0.1, 0.15) is 0 Å². The van der Waals surface area contributed by atoms with Gasteiger partial charge in [0.2, 0.25) is 0 Å². The molecule has 24 rings (SSSR count). The minimum absolute atomic E-state index is 0. The van der Waals surface area contributed by atoms with Gasteiger partial charge < -0.3 is 64.2 Å². The monoisotopic (exact) mass is 2160 g/mol. The van der Waals surface area contributed by atoms with Crippen LogP contribution in [0.1, 0.15) is 212 Å². The van der Waals surface area contributed by atoms with Crippen molar-refractivity contribution in [3.8, 4) is 22.3 Å². The fourth-order valence-corrected chi connectivity index (χ4v) is 23.9. The summed E-state index contributed by atoms with van der Waals surface area (Å²) in [5.74, 6) is 2.60. The van der Waals surface area contributed by atoms with Gasteiger partial charge in [0.15, 0.2) is 0 Å². The van der Waals surface area contributed by atoms with Crippen LogP contribution >= 0.6 is 51.1 Å². The van der Waals surface area contributed by atoms with E-state index in [1.807, 2.05) is 0 Å². The number of halogens is 6. The topological polar surface area (TPSA) is 13.0 Å². The summed E-state index contributed by atoms with van der Waals surface area (Å²) >= 11 is -2.48. The summed E-state index contributed by atoms with van der Waals surface area (Å²) in [6.07, 6.45) is 25.2. The van der Waals surface area contributed by atoms with Crippen molar-refractivity contribution in [1.82, 2.24) is 0 Å². The average molecular weight is 2170 g/mol. The molecular formula is C125H126Cl6N4Zr3. The van der Waals surface area contributed by atoms with E-state index >= 15 is 0 Å². The molecule has 0 spiro atoms. The van der Waals surface area contributed by atoms with E-state index in [0.717, 1.165) is 51.6 Å². The fraction of sp³-hybridized carbons (Fsp3) is 0.216. The molecule has 13 heteroatoms. The van der Waals surface area contributed by atoms with Crippen LogP contribution in [0.15, 0.2) is 325 Å². The second-order valence-electron chi connectivity index (χ2n) is 37.2. The molecule has 0 aromatic heterocycles. The van der Waals surface area contributed by atoms with Crippen molar-refractivity contribution in [1.29, 1.82) is 0 Å². The van der Waals surface area contributed by atoms with Gasteiger partial charge in [-0.1, -0.05) is 313 Å². The van der Waals surface area contributed by atoms with E-state index in [1.54, 1.807) is 0 Å². The van der Waals surface area contributed by atoms with E-state index in [0.29, 0.717) is 47.6 Å². The molecule has 138 heavy (non-hydrogen) atoms. The zero-order valence-electron chi connectivity index (χ0n) is 82.1. The Balaban J connectivity index is 0.000000164. The summed E-state index contributed by atoms with van der Waals surface area (Å²) in [7, 11) is 29.6. The number of nitrogens with zero attached hydrogens (tertiary/aromatic N) is 4. The van der Waals surface area contributed by atoms with E-state index in [-0.39, 0.29) is 44.6 Å². The van der Waals surface area contributed by atoms with E-state index in [2.05, 4.69) is 403 Å². The van der Waals surface area contributed by atoms with Gasteiger partial charge in [-0.2, -0.15) is 0 Å². The SMILES string of the molecule is CC1=Cc2c(-c3cccc4ccccc34)cccc2C1CC1C(C)=Cc2c1cccc2N1c2ccccc2CC1C.CC1=Cc2c(-c3cccc4ccccc34)cccc2C1CC1C(C)=Cc2c1cccc2N1c2ccccc2CCC1C.CC1=Cc2c(cccc2N2CCCc3ccccc32)C1CC1C(C)=Cc2c1cccc2N1CCc2ccccc21.[CH3-].[CH3-].[CH3-].[CH3-].[CH3-].[CH3-].[Cl][Zr+2][Cl].[Cl][Zr+2][Cl].[Cl][Zr+2][Cl]. The fourth-order valence-electron chi connectivity index (χ4n) is 23.9. The van der Waals surface area contributed by atoms with Crippen LogP contribution in [0.3, 0.4) is 0 Å². The quantitative estimate of drug-likeness (QED) is 0.113. The molecule has 4 heterocycles. The van der Waals surface area contributed by atoms with Crippen molar-refractivity contribution in [3.63, 3.8) is 0 Å². The maximum atomic E-state index is 4.93. The Morgan fingerprint density at radius 1 is 0.254 bits per heavy atom. The van der Waals surface area contributed by atoms with Crippen LogP contribution in [0.4, 0.5) is 45.5 Å². The Kier molecular flexibility index (Phi) is 36.9. The van der Waals surface area contributed by atoms with Gasteiger partial charge in [0.05, 0.1) is 0 Å². The van der Waals surface area contributed by atoms with E-state index in [1.165, 1.54) is 231 Å². The minimum atomic E-state index is -0.826. The van der Waals surface area contributed by atoms with E-state index in [4.69, 9.17) is 51.1 Å². The molecule has 14 aromatic carbocycles. The third-order valence-corrected chi connectivity index (χ3v) is 29.9. The number of fused-ring (bicyclic) bond motifs is 12. The van der Waals surface area contributed by atoms with Crippen LogP contribution in [0, 0.1) is 44.6 Å². The second kappa shape index (κ2) is 47.7. The zero-order chi connectivity index (χ0) is 91.0. The van der Waals surface area contributed by atoms with Crippen molar-refractivity contribution >= 4 is 155 Å². The molecule has 6 aliphatic carbocycles. The third kappa shape index (κ3) is 20.8. The molecule has 0 amide bonds. The van der Waals surface area contributed by atoms with Crippen LogP contribution in [-0.4, -0.2) is 25.2 Å². The number of rotatable bonds is 12. The molecule has 0 radical (unpaired) electrons. The molecule has 4 aliphatic heterocycles. The summed E-state index contributed by atoms with van der Waals surface area (Å²) in [6.45, 7) is 21.0. The maximum absolute atomic E-state index is 4.93. The van der Waals surface area contributed by atoms with Crippen molar-refractivity contribution in [2.75, 3.05) is 32.7 Å². The third-order valence-electron chi connectivity index (χ3n) is 29.9. The Morgan fingerprint density at radius 2 is 0.522 bits per heavy atom. The molecule has 0 fully saturated rings. The molecule has 0 saturated heterocycles. The van der Waals surface area contributed by atoms with Crippen LogP contribution in [0.5, 0.6) is 0 Å². The number of anilines is 8. The van der Waals surface area contributed by atoms with Gasteiger partial charge in [-0.3, -0.25) is 0 Å². The average Bonchev–Trinajstić information content (AvgIpc) is 1.59. The Bertz CT molecular complexity index is 6930. The molecule has 4 nitrogen and oxygen atoms in total. The van der Waals surface area contributed by atoms with E-state index < -0.39 is 62.5 Å². The van der Waals surface area contributed by atoms with Crippen LogP contribution in [0.2, 0.25) is 0 Å². The van der Waals surface area contributed by atoms with E-state index in [9.17, 15) is 0 Å². The first kappa shape index (κ1) is 107. The first-order valence-corrected chi connectivity index (χ1v) is 65.7. The molecule has 14 aromatic rings. The summed E-state index contributed by atoms with van der Waals surface area (Å²) < 4.78 is 0. The number of allylic oxidation sites excluding steroid dienone is 6. The molecule has 8 atom stereocenters. The first-order chi connectivity index (χ1) is 64.6. The molecule has 0 bridgehead atoms. The summed E-state index contributed by atoms with van der Waals surface area (Å²) in [5.41, 5.74) is 48.6. The number of aryl methyl sites for hydroxylation is 2. The van der Waals surface area contributed by atoms with Gasteiger partial charge >= 0.3 is 114 Å². The summed E-state index contributed by atoms with van der Waals surface area (Å²) in [4.78, 5) is 10.3. The van der Waals surface area contributed by atoms with Crippen molar-refractivity contribution < 1.29 is 62.5 Å². The normalized spacial score (nSPS) is 18.6. The Hall–Kier alpha value is -8.37. The number of hydrogen-bond donors (Lipinski definition) is 0. The van der Waals surface area contributed by atoms with Gasteiger partial charge in [-0.15, -0.1) is 0 Å². The first-order valence-electron chi connectivity index (χ1n) is 46.8. The van der Waals surface area contributed by atoms with Crippen LogP contribution in [0.25, 0.3) is 80.3 Å². The predicted octanol–water partition coefficient (Wildman–Crippen LogP) is 38.1. The molecular weight excluding hydrogens is 2040 g/mol. The van der Waals surface area contributed by atoms with Gasteiger partial charge in [0.25, 0.3) is 0 Å². The van der Waals surface area contributed by atoms with Crippen molar-refractivity contribution in [2.45, 2.75) is 161 Å². The molecule has 0 N–H and O–H groups in total. The number of benzene rings is 14. The summed E-state index contributed by atoms with van der Waals surface area (Å²) in [6, 6.07) is 110. The van der Waals surface area contributed by atoms with Gasteiger partial charge in [0, 0.05) is 128 Å². The van der Waals surface area contributed by atoms with Crippen LogP contribution < -0.4 is 19.6 Å². The van der Waals surface area contributed by atoms with Gasteiger partial charge in [-0.05, 0) is 272 Å². The Morgan fingerprint density at radius 3 is 0.928 bits per heavy atom. The van der Waals surface area contributed by atoms with Gasteiger partial charge in [-0.25, -0.2) is 0 Å². The molecule has 700 valence electrons. The molecule has 10 aliphatic rings. The van der Waals surface area contributed by atoms with Crippen molar-refractivity contribution in [2.24, 2.45) is 0 Å². The number of para-hydroxylation sites is 4. The Labute approximate surface area is 881 Å². The van der Waals surface area contributed by atoms with Crippen molar-refractivity contribution in [3.05, 3.63) is 458 Å². The molecule has 8 unspecified atom stereocenters. The second-order valence-corrected chi connectivity index (χ2v) is 48.4. The zero-order valence-corrected chi connectivity index (χ0v) is 94.0. The number of hydrogen-bond acceptors (Lipinski definition) is 4. The summed E-state index contributed by atoms with van der Waals surface area (Å²) in [5, 5.41) is 5.25. The van der Waals surface area contributed by atoms with Crippen LogP contribution in [-0.2, 0) is 88.2 Å². The molecule has 0 saturated carbocycles. The predicted molar refractivity (Wildman–Crippen MR) is 597 cm³/mol.